The molecule has 5 heterocycles. The minimum atomic E-state index is -1.93. The van der Waals surface area contributed by atoms with Gasteiger partial charge in [-0.15, -0.1) is 0 Å². The molecular formula is C47H42N10O8. The fourth-order valence-corrected chi connectivity index (χ4v) is 8.00. The molecule has 0 spiro atoms. The topological polar surface area (TPSA) is 241 Å². The number of nitrogens with one attached hydrogen (secondary N) is 5. The predicted octanol–water partition coefficient (Wildman–Crippen LogP) is 5.29. The summed E-state index contributed by atoms with van der Waals surface area (Å²) in [6, 6.07) is 31.5. The Labute approximate surface area is 370 Å². The highest BCUT2D eigenvalue weighted by Gasteiger charge is 2.50. The molecule has 65 heavy (non-hydrogen) atoms. The minimum Gasteiger partial charge on any atom is -0.508 e. The van der Waals surface area contributed by atoms with E-state index in [-0.39, 0.29) is 85.8 Å². The number of carbonyl (C=O) groups excluding carboxylic acids is 4. The van der Waals surface area contributed by atoms with Crippen LogP contribution in [0.3, 0.4) is 0 Å². The summed E-state index contributed by atoms with van der Waals surface area (Å²) in [5.41, 5.74) is 2.13. The number of cyclic esters (lactones) is 1. The third kappa shape index (κ3) is 8.68. The zero-order valence-electron chi connectivity index (χ0n) is 35.0. The molecule has 328 valence electrons. The number of phenolic OH excluding ortho intramolecular Hbond substituents is 1. The van der Waals surface area contributed by atoms with Crippen molar-refractivity contribution in [3.8, 4) is 17.1 Å². The van der Waals surface area contributed by atoms with Crippen molar-refractivity contribution in [1.82, 2.24) is 35.1 Å². The summed E-state index contributed by atoms with van der Waals surface area (Å²) < 4.78 is 12.8. The number of aromatic hydroxyl groups is 1. The molecule has 0 saturated heterocycles. The number of esters is 2. The normalized spacial score (nSPS) is 14.7. The number of benzene rings is 4. The molecular weight excluding hydrogens is 833 g/mol. The first-order chi connectivity index (χ1) is 31.6. The molecule has 18 heteroatoms. The van der Waals surface area contributed by atoms with Crippen LogP contribution in [0.1, 0.15) is 42.9 Å². The summed E-state index contributed by atoms with van der Waals surface area (Å²) in [6.07, 6.45) is -0.453. The van der Waals surface area contributed by atoms with Crippen LogP contribution in [0.4, 0.5) is 29.2 Å². The van der Waals surface area contributed by atoms with Crippen LogP contribution in [0.25, 0.3) is 33.1 Å². The molecule has 3 aromatic heterocycles. The molecule has 9 rings (SSSR count). The average Bonchev–Trinajstić information content (AvgIpc) is 3.67. The molecule has 1 atom stereocenters. The number of anilines is 5. The van der Waals surface area contributed by atoms with E-state index in [2.05, 4.69) is 41.5 Å². The summed E-state index contributed by atoms with van der Waals surface area (Å²) >= 11 is 0. The van der Waals surface area contributed by atoms with Gasteiger partial charge in [-0.25, -0.2) is 9.78 Å². The molecule has 7 aromatic rings. The van der Waals surface area contributed by atoms with Crippen LogP contribution in [-0.4, -0.2) is 73.0 Å². The van der Waals surface area contributed by atoms with E-state index in [4.69, 9.17) is 14.5 Å². The first kappa shape index (κ1) is 41.9. The highest BCUT2D eigenvalue weighted by Crippen LogP contribution is 2.41. The average molecular weight is 875 g/mol. The second-order valence-corrected chi connectivity index (χ2v) is 15.4. The van der Waals surface area contributed by atoms with Gasteiger partial charge in [0.05, 0.1) is 29.0 Å². The van der Waals surface area contributed by atoms with E-state index in [1.165, 1.54) is 6.07 Å². The van der Waals surface area contributed by atoms with Crippen molar-refractivity contribution < 1.29 is 33.8 Å². The van der Waals surface area contributed by atoms with E-state index in [1.54, 1.807) is 35.8 Å². The van der Waals surface area contributed by atoms with E-state index in [9.17, 15) is 29.1 Å². The number of amides is 2. The van der Waals surface area contributed by atoms with Gasteiger partial charge in [0.15, 0.2) is 0 Å². The lowest BCUT2D eigenvalue weighted by Gasteiger charge is -2.35. The van der Waals surface area contributed by atoms with Crippen molar-refractivity contribution in [3.05, 3.63) is 130 Å². The first-order valence-corrected chi connectivity index (χ1v) is 21.0. The van der Waals surface area contributed by atoms with Gasteiger partial charge in [0.1, 0.15) is 18.9 Å². The lowest BCUT2D eigenvalue weighted by Crippen LogP contribution is -2.48. The highest BCUT2D eigenvalue weighted by atomic mass is 16.6. The van der Waals surface area contributed by atoms with Gasteiger partial charge in [0.2, 0.25) is 35.3 Å². The Morgan fingerprint density at radius 1 is 0.785 bits per heavy atom. The molecule has 0 fully saturated rings. The summed E-state index contributed by atoms with van der Waals surface area (Å²) in [7, 11) is 0. The third-order valence-electron chi connectivity index (χ3n) is 11.2. The highest BCUT2D eigenvalue weighted by molar-refractivity contribution is 5.95. The van der Waals surface area contributed by atoms with Crippen LogP contribution in [0.5, 0.6) is 5.75 Å². The van der Waals surface area contributed by atoms with Crippen molar-refractivity contribution >= 4 is 74.6 Å². The van der Waals surface area contributed by atoms with Crippen LogP contribution >= 0.6 is 0 Å². The molecule has 0 saturated carbocycles. The maximum absolute atomic E-state index is 13.8. The Kier molecular flexibility index (Phi) is 11.5. The van der Waals surface area contributed by atoms with E-state index < -0.39 is 35.9 Å². The number of hydrogen-bond acceptors (Lipinski definition) is 15. The zero-order chi connectivity index (χ0) is 45.1. The predicted molar refractivity (Wildman–Crippen MR) is 241 cm³/mol. The first-order valence-electron chi connectivity index (χ1n) is 21.0. The van der Waals surface area contributed by atoms with Crippen molar-refractivity contribution in [3.63, 3.8) is 0 Å². The van der Waals surface area contributed by atoms with Crippen molar-refractivity contribution in [2.45, 2.75) is 44.9 Å². The summed E-state index contributed by atoms with van der Waals surface area (Å²) in [5.74, 6) is -2.07. The number of fused-ring (bicyclic) bond motifs is 6. The van der Waals surface area contributed by atoms with Gasteiger partial charge in [0, 0.05) is 65.3 Å². The van der Waals surface area contributed by atoms with Crippen LogP contribution < -0.4 is 32.1 Å². The Morgan fingerprint density at radius 2 is 1.51 bits per heavy atom. The molecule has 18 nitrogen and oxygen atoms in total. The van der Waals surface area contributed by atoms with E-state index in [0.717, 1.165) is 32.9 Å². The molecule has 0 radical (unpaired) electrons. The van der Waals surface area contributed by atoms with Gasteiger partial charge >= 0.3 is 11.9 Å². The van der Waals surface area contributed by atoms with Gasteiger partial charge < -0.3 is 45.7 Å². The number of hydrogen-bond donors (Lipinski definition) is 6. The standard InChI is InChI=1S/C47H42N10O8/c1-2-47(34-23-37-41-29(21-28-10-4-6-15-35(28)52-41)25-57(37)42(62)33(34)26-64-43(47)63)65-40(61)24-50-39(60)18-17-38(59)48-19-20-49-44-54-45(51-30-12-8-13-31(58)22-30)56-46(55-44)53-36-16-7-11-27-9-3-5-14-32(27)36/h3-16,21-23,58H,2,17-20,24-26H2,1H3,(H,48,59)(H,50,60)(H3,49,51,53,54,55,56)/t47-/m0/s1. The Hall–Kier alpha value is -8.41. The van der Waals surface area contributed by atoms with Crippen molar-refractivity contribution in [2.24, 2.45) is 0 Å². The van der Waals surface area contributed by atoms with Crippen molar-refractivity contribution in [2.75, 3.05) is 35.6 Å². The van der Waals surface area contributed by atoms with Crippen LogP contribution in [0.2, 0.25) is 0 Å². The van der Waals surface area contributed by atoms with Crippen LogP contribution in [-0.2, 0) is 47.4 Å². The van der Waals surface area contributed by atoms with E-state index in [0.29, 0.717) is 17.1 Å². The number of rotatable bonds is 15. The molecule has 2 aliphatic rings. The Morgan fingerprint density at radius 3 is 2.32 bits per heavy atom. The fraction of sp³-hybridized carbons (Fsp3) is 0.213. The smallest absolute Gasteiger partial charge is 0.355 e. The number of para-hydroxylation sites is 1. The Bertz CT molecular complexity index is 3100. The monoisotopic (exact) mass is 874 g/mol. The molecule has 2 aliphatic heterocycles. The van der Waals surface area contributed by atoms with E-state index >= 15 is 0 Å². The number of phenols is 1. The maximum Gasteiger partial charge on any atom is 0.355 e. The molecule has 0 aliphatic carbocycles. The van der Waals surface area contributed by atoms with Crippen LogP contribution in [0.15, 0.2) is 108 Å². The Balaban J connectivity index is 0.786. The second kappa shape index (κ2) is 17.8. The number of ether oxygens (including phenoxy) is 2. The summed E-state index contributed by atoms with van der Waals surface area (Å²) in [6.45, 7) is 1.42. The van der Waals surface area contributed by atoms with Crippen molar-refractivity contribution in [1.29, 1.82) is 0 Å². The minimum absolute atomic E-state index is 0.0397. The van der Waals surface area contributed by atoms with Gasteiger partial charge in [-0.3, -0.25) is 19.2 Å². The zero-order valence-corrected chi connectivity index (χ0v) is 35.0. The fourth-order valence-electron chi connectivity index (χ4n) is 8.00. The number of aromatic nitrogens is 5. The van der Waals surface area contributed by atoms with Gasteiger partial charge in [0.25, 0.3) is 5.56 Å². The third-order valence-corrected chi connectivity index (χ3v) is 11.2. The van der Waals surface area contributed by atoms with Gasteiger partial charge in [-0.2, -0.15) is 15.0 Å². The molecule has 6 N–H and O–H groups in total. The van der Waals surface area contributed by atoms with E-state index in [1.807, 2.05) is 72.8 Å². The quantitative estimate of drug-likeness (QED) is 0.0567. The molecule has 4 aromatic carbocycles. The van der Waals surface area contributed by atoms with Crippen LogP contribution in [0, 0.1) is 0 Å². The SMILES string of the molecule is CC[C@@]1(OC(=O)CNC(=O)CCC(=O)NCCNc2nc(Nc3cccc(O)c3)nc(Nc3cccc4ccccc34)n2)C(=O)OCc2c1cc1n(c2=O)Cc2cc3ccccc3nc2-1. The summed E-state index contributed by atoms with van der Waals surface area (Å²) in [4.78, 5) is 84.3. The number of nitrogens with zero attached hydrogens (tertiary/aromatic N) is 5. The summed E-state index contributed by atoms with van der Waals surface area (Å²) in [5, 5.41) is 27.5. The number of carbonyl (C=O) groups is 4. The molecule has 0 bridgehead atoms. The maximum atomic E-state index is 13.8. The molecule has 2 amide bonds. The van der Waals surface area contributed by atoms with Gasteiger partial charge in [-0.05, 0) is 48.2 Å². The number of pyridine rings is 2. The lowest BCUT2D eigenvalue weighted by molar-refractivity contribution is -0.189. The second-order valence-electron chi connectivity index (χ2n) is 15.4. The lowest BCUT2D eigenvalue weighted by atomic mass is 9.85. The largest absolute Gasteiger partial charge is 0.508 e. The molecule has 0 unspecified atom stereocenters. The van der Waals surface area contributed by atoms with Gasteiger partial charge in [-0.1, -0.05) is 67.6 Å².